The predicted octanol–water partition coefficient (Wildman–Crippen LogP) is 2.44. The van der Waals surface area contributed by atoms with Gasteiger partial charge in [0.15, 0.2) is 5.13 Å². The van der Waals surface area contributed by atoms with Crippen LogP contribution in [0.1, 0.15) is 26.5 Å². The first-order valence-corrected chi connectivity index (χ1v) is 7.36. The van der Waals surface area contributed by atoms with Crippen LogP contribution in [0.15, 0.2) is 24.3 Å². The zero-order valence-corrected chi connectivity index (χ0v) is 13.0. The van der Waals surface area contributed by atoms with Gasteiger partial charge in [0.25, 0.3) is 5.91 Å². The number of anilines is 1. The van der Waals surface area contributed by atoms with Gasteiger partial charge < -0.3 is 10.6 Å². The number of hydrogen-bond donors (Lipinski definition) is 2. The normalized spacial score (nSPS) is 10.2. The van der Waals surface area contributed by atoms with Crippen LogP contribution < -0.4 is 10.6 Å². The topological polar surface area (TPSA) is 71.1 Å². The van der Waals surface area contributed by atoms with Gasteiger partial charge in [-0.3, -0.25) is 9.59 Å². The van der Waals surface area contributed by atoms with Gasteiger partial charge in [0, 0.05) is 10.4 Å². The van der Waals surface area contributed by atoms with Gasteiger partial charge in [0.1, 0.15) is 0 Å². The van der Waals surface area contributed by atoms with Crippen molar-refractivity contribution in [1.82, 2.24) is 10.3 Å². The maximum atomic E-state index is 12.0. The summed E-state index contributed by atoms with van der Waals surface area (Å²) in [6.07, 6.45) is 0. The molecule has 1 aromatic carbocycles. The van der Waals surface area contributed by atoms with Crippen molar-refractivity contribution in [3.05, 3.63) is 46.0 Å². The second-order valence-corrected chi connectivity index (χ2v) is 5.91. The van der Waals surface area contributed by atoms with Crippen molar-refractivity contribution in [3.8, 4) is 0 Å². The van der Waals surface area contributed by atoms with E-state index in [9.17, 15) is 9.59 Å². The first-order valence-electron chi connectivity index (χ1n) is 6.55. The molecule has 0 unspecified atom stereocenters. The van der Waals surface area contributed by atoms with Gasteiger partial charge in [-0.25, -0.2) is 4.98 Å². The molecule has 0 radical (unpaired) electrons. The van der Waals surface area contributed by atoms with E-state index in [1.165, 1.54) is 11.3 Å². The Morgan fingerprint density at radius 2 is 1.90 bits per heavy atom. The zero-order valence-electron chi connectivity index (χ0n) is 12.2. The van der Waals surface area contributed by atoms with Crippen LogP contribution in [0.5, 0.6) is 0 Å². The van der Waals surface area contributed by atoms with E-state index in [2.05, 4.69) is 15.6 Å². The standard InChI is InChI=1S/C15H17N3O2S/c1-9-6-4-5-7-12(9)14(20)16-8-13(19)18-15-17-10(2)11(3)21-15/h4-7H,8H2,1-3H3,(H,16,20)(H,17,18,19). The summed E-state index contributed by atoms with van der Waals surface area (Å²) < 4.78 is 0. The highest BCUT2D eigenvalue weighted by molar-refractivity contribution is 7.15. The van der Waals surface area contributed by atoms with E-state index in [1.54, 1.807) is 12.1 Å². The fraction of sp³-hybridized carbons (Fsp3) is 0.267. The summed E-state index contributed by atoms with van der Waals surface area (Å²) in [4.78, 5) is 29.1. The monoisotopic (exact) mass is 303 g/mol. The molecule has 1 heterocycles. The Bertz CT molecular complexity index is 660. The van der Waals surface area contributed by atoms with Crippen molar-refractivity contribution in [3.63, 3.8) is 0 Å². The average molecular weight is 303 g/mol. The quantitative estimate of drug-likeness (QED) is 0.911. The summed E-state index contributed by atoms with van der Waals surface area (Å²) in [5.74, 6) is -0.541. The lowest BCUT2D eigenvalue weighted by atomic mass is 10.1. The number of hydrogen-bond acceptors (Lipinski definition) is 4. The van der Waals surface area contributed by atoms with Gasteiger partial charge in [-0.15, -0.1) is 11.3 Å². The lowest BCUT2D eigenvalue weighted by molar-refractivity contribution is -0.115. The number of nitrogens with one attached hydrogen (secondary N) is 2. The highest BCUT2D eigenvalue weighted by Gasteiger charge is 2.11. The molecule has 0 saturated carbocycles. The third-order valence-corrected chi connectivity index (χ3v) is 4.06. The molecule has 0 aliphatic rings. The Kier molecular flexibility index (Phi) is 4.70. The molecule has 110 valence electrons. The molecular formula is C15H17N3O2S. The van der Waals surface area contributed by atoms with Crippen LogP contribution in [0, 0.1) is 20.8 Å². The molecule has 0 aliphatic carbocycles. The van der Waals surface area contributed by atoms with Gasteiger partial charge >= 0.3 is 0 Å². The van der Waals surface area contributed by atoms with Gasteiger partial charge in [0.2, 0.25) is 5.91 Å². The van der Waals surface area contributed by atoms with E-state index in [0.717, 1.165) is 16.1 Å². The Morgan fingerprint density at radius 3 is 2.52 bits per heavy atom. The molecule has 0 atom stereocenters. The molecule has 0 spiro atoms. The van der Waals surface area contributed by atoms with E-state index < -0.39 is 0 Å². The van der Waals surface area contributed by atoms with Gasteiger partial charge in [-0.1, -0.05) is 18.2 Å². The SMILES string of the molecule is Cc1ccccc1C(=O)NCC(=O)Nc1nc(C)c(C)s1. The van der Waals surface area contributed by atoms with E-state index >= 15 is 0 Å². The lowest BCUT2D eigenvalue weighted by Crippen LogP contribution is -2.33. The van der Waals surface area contributed by atoms with Crippen molar-refractivity contribution < 1.29 is 9.59 Å². The molecule has 2 amide bonds. The number of rotatable bonds is 4. The predicted molar refractivity (Wildman–Crippen MR) is 83.7 cm³/mol. The van der Waals surface area contributed by atoms with Crippen molar-refractivity contribution >= 4 is 28.3 Å². The number of thiazole rings is 1. The summed E-state index contributed by atoms with van der Waals surface area (Å²) in [6.45, 7) is 5.62. The molecule has 1 aromatic heterocycles. The maximum absolute atomic E-state index is 12.0. The molecule has 2 aromatic rings. The third kappa shape index (κ3) is 3.88. The minimum atomic E-state index is -0.286. The van der Waals surface area contributed by atoms with Crippen LogP contribution in [0.3, 0.4) is 0 Å². The average Bonchev–Trinajstić information content (AvgIpc) is 2.75. The van der Waals surface area contributed by atoms with Crippen LogP contribution in [-0.2, 0) is 4.79 Å². The molecule has 5 nitrogen and oxygen atoms in total. The Hall–Kier alpha value is -2.21. The number of carbonyl (C=O) groups excluding carboxylic acids is 2. The highest BCUT2D eigenvalue weighted by atomic mass is 32.1. The van der Waals surface area contributed by atoms with Crippen molar-refractivity contribution in [2.75, 3.05) is 11.9 Å². The summed E-state index contributed by atoms with van der Waals surface area (Å²) in [5, 5.41) is 5.84. The second kappa shape index (κ2) is 6.49. The minimum Gasteiger partial charge on any atom is -0.343 e. The summed E-state index contributed by atoms with van der Waals surface area (Å²) in [5.41, 5.74) is 2.35. The van der Waals surface area contributed by atoms with Crippen molar-refractivity contribution in [1.29, 1.82) is 0 Å². The van der Waals surface area contributed by atoms with Crippen LogP contribution in [0.25, 0.3) is 0 Å². The summed E-state index contributed by atoms with van der Waals surface area (Å²) in [7, 11) is 0. The van der Waals surface area contributed by atoms with Gasteiger partial charge in [0.05, 0.1) is 12.2 Å². The number of benzene rings is 1. The lowest BCUT2D eigenvalue weighted by Gasteiger charge is -2.07. The molecule has 2 N–H and O–H groups in total. The Balaban J connectivity index is 1.89. The van der Waals surface area contributed by atoms with E-state index in [4.69, 9.17) is 0 Å². The number of carbonyl (C=O) groups is 2. The second-order valence-electron chi connectivity index (χ2n) is 4.71. The molecule has 21 heavy (non-hydrogen) atoms. The van der Waals surface area contributed by atoms with E-state index in [0.29, 0.717) is 10.7 Å². The number of aryl methyl sites for hydroxylation is 3. The van der Waals surface area contributed by atoms with Crippen LogP contribution in [0.2, 0.25) is 0 Å². The Morgan fingerprint density at radius 1 is 1.19 bits per heavy atom. The number of aromatic nitrogens is 1. The molecule has 2 rings (SSSR count). The van der Waals surface area contributed by atoms with E-state index in [1.807, 2.05) is 32.9 Å². The fourth-order valence-electron chi connectivity index (χ4n) is 1.77. The largest absolute Gasteiger partial charge is 0.343 e. The summed E-state index contributed by atoms with van der Waals surface area (Å²) >= 11 is 1.42. The van der Waals surface area contributed by atoms with Crippen LogP contribution in [-0.4, -0.2) is 23.3 Å². The van der Waals surface area contributed by atoms with Gasteiger partial charge in [-0.05, 0) is 32.4 Å². The first kappa shape index (κ1) is 15.2. The van der Waals surface area contributed by atoms with E-state index in [-0.39, 0.29) is 18.4 Å². The molecule has 6 heteroatoms. The molecular weight excluding hydrogens is 286 g/mol. The van der Waals surface area contributed by atoms with Crippen molar-refractivity contribution in [2.45, 2.75) is 20.8 Å². The Labute approximate surface area is 127 Å². The number of nitrogens with zero attached hydrogens (tertiary/aromatic N) is 1. The summed E-state index contributed by atoms with van der Waals surface area (Å²) in [6, 6.07) is 7.25. The van der Waals surface area contributed by atoms with Crippen LogP contribution in [0.4, 0.5) is 5.13 Å². The van der Waals surface area contributed by atoms with Gasteiger partial charge in [-0.2, -0.15) is 0 Å². The van der Waals surface area contributed by atoms with Crippen LogP contribution >= 0.6 is 11.3 Å². The fourth-order valence-corrected chi connectivity index (χ4v) is 2.60. The zero-order chi connectivity index (χ0) is 15.4. The molecule has 0 bridgehead atoms. The maximum Gasteiger partial charge on any atom is 0.251 e. The minimum absolute atomic E-state index is 0.0785. The van der Waals surface area contributed by atoms with Crippen molar-refractivity contribution in [2.24, 2.45) is 0 Å². The highest BCUT2D eigenvalue weighted by Crippen LogP contribution is 2.20. The molecule has 0 fully saturated rings. The molecule has 0 aliphatic heterocycles. The third-order valence-electron chi connectivity index (χ3n) is 3.07. The smallest absolute Gasteiger partial charge is 0.251 e. The molecule has 0 saturated heterocycles. The number of amides is 2. The first-order chi connectivity index (χ1) is 9.97.